The molecule has 0 aromatic carbocycles. The van der Waals surface area contributed by atoms with E-state index in [1.807, 2.05) is 0 Å². The molecule has 0 aliphatic carbocycles. The van der Waals surface area contributed by atoms with E-state index in [1.165, 1.54) is 0 Å². The van der Waals surface area contributed by atoms with Crippen LogP contribution in [0.25, 0.3) is 0 Å². The van der Waals surface area contributed by atoms with Crippen LogP contribution in [-0.2, 0) is 24.0 Å². The first-order chi connectivity index (χ1) is 11.2. The summed E-state index contributed by atoms with van der Waals surface area (Å²) in [6, 6.07) is -2.31. The van der Waals surface area contributed by atoms with Crippen molar-refractivity contribution in [3.63, 3.8) is 0 Å². The van der Waals surface area contributed by atoms with Crippen molar-refractivity contribution >= 4 is 42.4 Å². The summed E-state index contributed by atoms with van der Waals surface area (Å²) >= 11 is 3.88. The van der Waals surface area contributed by atoms with Gasteiger partial charge in [0.2, 0.25) is 11.8 Å². The molecule has 136 valence electrons. The van der Waals surface area contributed by atoms with Gasteiger partial charge >= 0.3 is 17.9 Å². The lowest BCUT2D eigenvalue weighted by Gasteiger charge is -2.17. The van der Waals surface area contributed by atoms with Crippen molar-refractivity contribution in [1.29, 1.82) is 0 Å². The Morgan fingerprint density at radius 3 is 1.96 bits per heavy atom. The highest BCUT2D eigenvalue weighted by Gasteiger charge is 2.22. The first kappa shape index (κ1) is 21.7. The molecule has 0 bridgehead atoms. The third-order valence-electron chi connectivity index (χ3n) is 2.71. The van der Waals surface area contributed by atoms with Gasteiger partial charge in [0.25, 0.3) is 0 Å². The predicted molar refractivity (Wildman–Crippen MR) is 82.7 cm³/mol. The van der Waals surface area contributed by atoms with Crippen LogP contribution in [-0.4, -0.2) is 76.0 Å². The van der Waals surface area contributed by atoms with Gasteiger partial charge in [-0.05, 0) is 6.42 Å². The van der Waals surface area contributed by atoms with Crippen LogP contribution in [0.2, 0.25) is 0 Å². The molecule has 0 rings (SSSR count). The van der Waals surface area contributed by atoms with Gasteiger partial charge in [0.15, 0.2) is 0 Å². The molecule has 0 fully saturated rings. The van der Waals surface area contributed by atoms with E-state index in [-0.39, 0.29) is 18.6 Å². The second-order valence-electron chi connectivity index (χ2n) is 4.62. The number of hydrogen-bond donors (Lipinski definition) is 7. The normalized spacial score (nSPS) is 12.7. The summed E-state index contributed by atoms with van der Waals surface area (Å²) in [5.74, 6) is -5.27. The van der Waals surface area contributed by atoms with Gasteiger partial charge in [-0.2, -0.15) is 12.6 Å². The van der Waals surface area contributed by atoms with E-state index in [1.54, 1.807) is 0 Å². The van der Waals surface area contributed by atoms with Crippen LogP contribution in [0, 0.1) is 0 Å². The van der Waals surface area contributed by atoms with Gasteiger partial charge in [-0.1, -0.05) is 0 Å². The lowest BCUT2D eigenvalue weighted by molar-refractivity contribution is -0.141. The molecule has 2 atom stereocenters. The van der Waals surface area contributed by atoms with Crippen LogP contribution in [0.1, 0.15) is 12.8 Å². The second kappa shape index (κ2) is 11.2. The number of rotatable bonds is 12. The van der Waals surface area contributed by atoms with Crippen LogP contribution < -0.4 is 16.0 Å². The Bertz CT molecular complexity index is 499. The van der Waals surface area contributed by atoms with Gasteiger partial charge in [0.1, 0.15) is 18.6 Å². The third-order valence-corrected chi connectivity index (χ3v) is 3.07. The highest BCUT2D eigenvalue weighted by Crippen LogP contribution is 1.99. The van der Waals surface area contributed by atoms with E-state index in [0.717, 1.165) is 0 Å². The number of thiol groups is 1. The second-order valence-corrected chi connectivity index (χ2v) is 4.98. The summed E-state index contributed by atoms with van der Waals surface area (Å²) in [6.45, 7) is -1.19. The Morgan fingerprint density at radius 2 is 1.50 bits per heavy atom. The van der Waals surface area contributed by atoms with Gasteiger partial charge in [0, 0.05) is 12.2 Å². The first-order valence-corrected chi connectivity index (χ1v) is 7.38. The largest absolute Gasteiger partial charge is 0.480 e. The van der Waals surface area contributed by atoms with Crippen molar-refractivity contribution in [1.82, 2.24) is 16.0 Å². The van der Waals surface area contributed by atoms with Gasteiger partial charge in [-0.3, -0.25) is 29.3 Å². The third kappa shape index (κ3) is 9.63. The summed E-state index contributed by atoms with van der Waals surface area (Å²) in [4.78, 5) is 55.1. The molecular formula is C12H19N3O8S. The quantitative estimate of drug-likeness (QED) is 0.184. The summed E-state index contributed by atoms with van der Waals surface area (Å²) in [5, 5.41) is 32.5. The number of nitrogens with one attached hydrogen (secondary N) is 3. The molecule has 0 aromatic heterocycles. The number of hydrogen-bond acceptors (Lipinski definition) is 7. The molecule has 0 aliphatic rings. The standard InChI is InChI=1S/C12H19N3O8S/c16-8(2-1-6(12(22)23)13-3-9(17)18)15-7(5-24)11(21)14-4-10(19)20/h6-7,13,24H,1-5H2,(H,14,21)(H,15,16)(H,17,18)(H,19,20)(H,22,23). The average molecular weight is 365 g/mol. The van der Waals surface area contributed by atoms with Crippen molar-refractivity contribution in [3.8, 4) is 0 Å². The van der Waals surface area contributed by atoms with E-state index >= 15 is 0 Å². The van der Waals surface area contributed by atoms with E-state index < -0.39 is 54.9 Å². The number of aliphatic carboxylic acids is 3. The number of amides is 2. The molecule has 6 N–H and O–H groups in total. The smallest absolute Gasteiger partial charge is 0.322 e. The molecule has 0 spiro atoms. The van der Waals surface area contributed by atoms with Crippen molar-refractivity contribution in [2.24, 2.45) is 0 Å². The first-order valence-electron chi connectivity index (χ1n) is 6.75. The molecule has 0 saturated heterocycles. The zero-order valence-electron chi connectivity index (χ0n) is 12.5. The number of carboxylic acids is 3. The Labute approximate surface area is 142 Å². The van der Waals surface area contributed by atoms with Crippen LogP contribution in [0.4, 0.5) is 0 Å². The lowest BCUT2D eigenvalue weighted by atomic mass is 10.1. The fourth-order valence-electron chi connectivity index (χ4n) is 1.55. The lowest BCUT2D eigenvalue weighted by Crippen LogP contribution is -2.49. The molecule has 11 nitrogen and oxygen atoms in total. The van der Waals surface area contributed by atoms with Gasteiger partial charge in [-0.15, -0.1) is 0 Å². The van der Waals surface area contributed by atoms with Gasteiger partial charge in [-0.25, -0.2) is 0 Å². The summed E-state index contributed by atoms with van der Waals surface area (Å²) in [6.07, 6.45) is -0.468. The number of carbonyl (C=O) groups is 5. The molecular weight excluding hydrogens is 346 g/mol. The van der Waals surface area contributed by atoms with Crippen LogP contribution in [0.3, 0.4) is 0 Å². The van der Waals surface area contributed by atoms with Crippen LogP contribution in [0.5, 0.6) is 0 Å². The fraction of sp³-hybridized carbons (Fsp3) is 0.583. The summed E-state index contributed by atoms with van der Waals surface area (Å²) in [7, 11) is 0. The topological polar surface area (TPSA) is 182 Å². The number of carbonyl (C=O) groups excluding carboxylic acids is 2. The molecule has 0 heterocycles. The molecule has 0 aliphatic heterocycles. The minimum absolute atomic E-state index is 0.0865. The number of carboxylic acid groups (broad SMARTS) is 3. The van der Waals surface area contributed by atoms with Crippen LogP contribution in [0.15, 0.2) is 0 Å². The monoisotopic (exact) mass is 365 g/mol. The Hall–Kier alpha value is -2.34. The molecule has 0 radical (unpaired) electrons. The molecule has 12 heteroatoms. The van der Waals surface area contributed by atoms with Gasteiger partial charge in [0.05, 0.1) is 6.54 Å². The van der Waals surface area contributed by atoms with Crippen molar-refractivity contribution < 1.29 is 39.3 Å². The Morgan fingerprint density at radius 1 is 0.917 bits per heavy atom. The van der Waals surface area contributed by atoms with Crippen molar-refractivity contribution in [3.05, 3.63) is 0 Å². The maximum absolute atomic E-state index is 11.7. The summed E-state index contributed by atoms with van der Waals surface area (Å²) < 4.78 is 0. The molecule has 0 saturated carbocycles. The maximum Gasteiger partial charge on any atom is 0.322 e. The molecule has 2 amide bonds. The highest BCUT2D eigenvalue weighted by atomic mass is 32.1. The highest BCUT2D eigenvalue weighted by molar-refractivity contribution is 7.80. The Kier molecular flexibility index (Phi) is 10.1. The van der Waals surface area contributed by atoms with Crippen molar-refractivity contribution in [2.75, 3.05) is 18.8 Å². The van der Waals surface area contributed by atoms with E-state index in [4.69, 9.17) is 15.3 Å². The molecule has 2 unspecified atom stereocenters. The van der Waals surface area contributed by atoms with E-state index in [0.29, 0.717) is 0 Å². The van der Waals surface area contributed by atoms with E-state index in [9.17, 15) is 24.0 Å². The Balaban J connectivity index is 4.41. The average Bonchev–Trinajstić information content (AvgIpc) is 2.49. The predicted octanol–water partition coefficient (Wildman–Crippen LogP) is -2.49. The van der Waals surface area contributed by atoms with Gasteiger partial charge < -0.3 is 26.0 Å². The minimum Gasteiger partial charge on any atom is -0.480 e. The minimum atomic E-state index is -1.31. The molecule has 24 heavy (non-hydrogen) atoms. The zero-order valence-corrected chi connectivity index (χ0v) is 13.4. The zero-order chi connectivity index (χ0) is 18.7. The van der Waals surface area contributed by atoms with E-state index in [2.05, 4.69) is 28.6 Å². The summed E-state index contributed by atoms with van der Waals surface area (Å²) in [5.41, 5.74) is 0. The van der Waals surface area contributed by atoms with Crippen molar-refractivity contribution in [2.45, 2.75) is 24.9 Å². The fourth-order valence-corrected chi connectivity index (χ4v) is 1.80. The SMILES string of the molecule is O=C(O)CNC(=O)C(CS)NC(=O)CCC(NCC(=O)O)C(=O)O. The molecule has 0 aromatic rings. The maximum atomic E-state index is 11.7. The van der Waals surface area contributed by atoms with Crippen LogP contribution >= 0.6 is 12.6 Å².